The zero-order valence-electron chi connectivity index (χ0n) is 17.4. The van der Waals surface area contributed by atoms with Crippen LogP contribution >= 0.6 is 0 Å². The fourth-order valence-corrected chi connectivity index (χ4v) is 3.59. The number of hydrogen-bond donors (Lipinski definition) is 2. The summed E-state index contributed by atoms with van der Waals surface area (Å²) in [7, 11) is 3.00. The Morgan fingerprint density at radius 2 is 1.70 bits per heavy atom. The summed E-state index contributed by atoms with van der Waals surface area (Å²) in [6.07, 6.45) is -0.856. The van der Waals surface area contributed by atoms with E-state index in [1.807, 2.05) is 19.1 Å². The van der Waals surface area contributed by atoms with Crippen molar-refractivity contribution in [3.05, 3.63) is 64.7 Å². The molecule has 7 nitrogen and oxygen atoms in total. The average Bonchev–Trinajstić information content (AvgIpc) is 2.97. The predicted molar refractivity (Wildman–Crippen MR) is 111 cm³/mol. The molecule has 0 unspecified atom stereocenters. The van der Waals surface area contributed by atoms with Crippen LogP contribution in [0.4, 0.5) is 0 Å². The Balaban J connectivity index is 2.21. The number of ketones is 1. The number of amides is 1. The fraction of sp³-hybridized carbons (Fsp3) is 0.304. The lowest BCUT2D eigenvalue weighted by atomic mass is 9.94. The number of carbonyl (C=O) groups excluding carboxylic acids is 2. The van der Waals surface area contributed by atoms with Gasteiger partial charge in [0, 0.05) is 12.1 Å². The first-order chi connectivity index (χ1) is 14.3. The lowest BCUT2D eigenvalue weighted by molar-refractivity contribution is -0.140. The smallest absolute Gasteiger partial charge is 0.295 e. The van der Waals surface area contributed by atoms with Gasteiger partial charge in [0.25, 0.3) is 11.7 Å². The topological polar surface area (TPSA) is 96.3 Å². The Morgan fingerprint density at radius 1 is 1.07 bits per heavy atom. The van der Waals surface area contributed by atoms with Crippen LogP contribution in [-0.2, 0) is 9.59 Å². The number of rotatable bonds is 6. The van der Waals surface area contributed by atoms with E-state index >= 15 is 0 Å². The van der Waals surface area contributed by atoms with Gasteiger partial charge in [0.1, 0.15) is 5.76 Å². The molecule has 0 bridgehead atoms. The molecular weight excluding hydrogens is 386 g/mol. The standard InChI is InChI=1S/C23H25NO6/c1-13-5-7-15(8-6-13)21(26)19-20(24(12-14(2)25)23(28)22(19)27)16-9-10-17(29-3)18(11-16)30-4/h5-11,14,20,25-26H,12H2,1-4H3/t14-,20+/m0/s1. The van der Waals surface area contributed by atoms with E-state index in [4.69, 9.17) is 9.47 Å². The van der Waals surface area contributed by atoms with Gasteiger partial charge in [0.05, 0.1) is 31.9 Å². The SMILES string of the molecule is COc1ccc([C@@H]2C(=C(O)c3ccc(C)cc3)C(=O)C(=O)N2C[C@H](C)O)cc1OC. The normalized spacial score (nSPS) is 19.1. The summed E-state index contributed by atoms with van der Waals surface area (Å²) in [5.41, 5.74) is 1.96. The molecule has 1 heterocycles. The average molecular weight is 411 g/mol. The number of aryl methyl sites for hydroxylation is 1. The molecule has 2 N–H and O–H groups in total. The minimum Gasteiger partial charge on any atom is -0.507 e. The number of aliphatic hydroxyl groups excluding tert-OH is 2. The van der Waals surface area contributed by atoms with Crippen LogP contribution in [0, 0.1) is 6.92 Å². The first-order valence-electron chi connectivity index (χ1n) is 9.54. The monoisotopic (exact) mass is 411 g/mol. The van der Waals surface area contributed by atoms with E-state index in [1.54, 1.807) is 30.3 Å². The number of ether oxygens (including phenoxy) is 2. The molecule has 1 aliphatic heterocycles. The molecule has 1 saturated heterocycles. The largest absolute Gasteiger partial charge is 0.507 e. The molecule has 1 fully saturated rings. The van der Waals surface area contributed by atoms with Gasteiger partial charge in [0.2, 0.25) is 0 Å². The van der Waals surface area contributed by atoms with E-state index in [1.165, 1.54) is 26.0 Å². The van der Waals surface area contributed by atoms with Crippen LogP contribution in [0.3, 0.4) is 0 Å². The third-order valence-electron chi connectivity index (χ3n) is 5.05. The van der Waals surface area contributed by atoms with E-state index in [-0.39, 0.29) is 17.9 Å². The van der Waals surface area contributed by atoms with E-state index in [0.717, 1.165) is 5.56 Å². The van der Waals surface area contributed by atoms with Gasteiger partial charge in [-0.25, -0.2) is 0 Å². The van der Waals surface area contributed by atoms with Gasteiger partial charge in [-0.3, -0.25) is 9.59 Å². The second kappa shape index (κ2) is 8.59. The van der Waals surface area contributed by atoms with Gasteiger partial charge in [-0.1, -0.05) is 35.9 Å². The molecular formula is C23H25NO6. The molecule has 2 aromatic carbocycles. The van der Waals surface area contributed by atoms with Gasteiger partial charge in [0.15, 0.2) is 11.5 Å². The molecule has 158 valence electrons. The summed E-state index contributed by atoms with van der Waals surface area (Å²) in [6, 6.07) is 11.2. The summed E-state index contributed by atoms with van der Waals surface area (Å²) in [4.78, 5) is 26.9. The number of β-amino-alcohol motifs (C(OH)–C–C–N with tert-alkyl or cyclic N) is 1. The summed E-state index contributed by atoms with van der Waals surface area (Å²) in [6.45, 7) is 3.38. The maximum absolute atomic E-state index is 12.9. The second-order valence-corrected chi connectivity index (χ2v) is 7.28. The van der Waals surface area contributed by atoms with Gasteiger partial charge < -0.3 is 24.6 Å². The first kappa shape index (κ1) is 21.4. The lowest BCUT2D eigenvalue weighted by Gasteiger charge is -2.27. The van der Waals surface area contributed by atoms with Crippen molar-refractivity contribution in [2.24, 2.45) is 0 Å². The number of Topliss-reactive ketones (excluding diaryl/α,β-unsaturated/α-hetero) is 1. The fourth-order valence-electron chi connectivity index (χ4n) is 3.59. The lowest BCUT2D eigenvalue weighted by Crippen LogP contribution is -2.35. The number of benzene rings is 2. The van der Waals surface area contributed by atoms with Crippen LogP contribution in [0.25, 0.3) is 5.76 Å². The molecule has 0 saturated carbocycles. The van der Waals surface area contributed by atoms with Gasteiger partial charge >= 0.3 is 0 Å². The predicted octanol–water partition coefficient (Wildman–Crippen LogP) is 2.81. The molecule has 0 aromatic heterocycles. The maximum Gasteiger partial charge on any atom is 0.295 e. The van der Waals surface area contributed by atoms with E-state index in [0.29, 0.717) is 22.6 Å². The van der Waals surface area contributed by atoms with Crippen molar-refractivity contribution >= 4 is 17.4 Å². The Labute approximate surface area is 175 Å². The zero-order valence-corrected chi connectivity index (χ0v) is 17.4. The molecule has 2 atom stereocenters. The molecule has 30 heavy (non-hydrogen) atoms. The molecule has 0 spiro atoms. The van der Waals surface area contributed by atoms with Crippen LogP contribution in [0.15, 0.2) is 48.0 Å². The maximum atomic E-state index is 12.9. The van der Waals surface area contributed by atoms with Gasteiger partial charge in [-0.15, -0.1) is 0 Å². The van der Waals surface area contributed by atoms with Crippen LogP contribution in [-0.4, -0.2) is 53.7 Å². The van der Waals surface area contributed by atoms with Crippen molar-refractivity contribution in [3.8, 4) is 11.5 Å². The van der Waals surface area contributed by atoms with Gasteiger partial charge in [-0.2, -0.15) is 0 Å². The zero-order chi connectivity index (χ0) is 22.0. The number of carbonyl (C=O) groups is 2. The highest BCUT2D eigenvalue weighted by Gasteiger charge is 2.46. The van der Waals surface area contributed by atoms with Crippen molar-refractivity contribution in [1.29, 1.82) is 0 Å². The molecule has 0 aliphatic carbocycles. The highest BCUT2D eigenvalue weighted by atomic mass is 16.5. The number of nitrogens with zero attached hydrogens (tertiary/aromatic N) is 1. The molecule has 3 rings (SSSR count). The molecule has 1 aliphatic rings. The first-order valence-corrected chi connectivity index (χ1v) is 9.54. The number of likely N-dealkylation sites (tertiary alicyclic amines) is 1. The quantitative estimate of drug-likeness (QED) is 0.431. The Hall–Kier alpha value is -3.32. The van der Waals surface area contributed by atoms with E-state index < -0.39 is 23.8 Å². The van der Waals surface area contributed by atoms with Crippen molar-refractivity contribution in [1.82, 2.24) is 4.90 Å². The van der Waals surface area contributed by atoms with Crippen LogP contribution < -0.4 is 9.47 Å². The van der Waals surface area contributed by atoms with Crippen molar-refractivity contribution < 1.29 is 29.3 Å². The van der Waals surface area contributed by atoms with Crippen LogP contribution in [0.2, 0.25) is 0 Å². The van der Waals surface area contributed by atoms with Crippen LogP contribution in [0.5, 0.6) is 11.5 Å². The Morgan fingerprint density at radius 3 is 2.27 bits per heavy atom. The molecule has 1 amide bonds. The minimum absolute atomic E-state index is 0.0308. The van der Waals surface area contributed by atoms with E-state index in [2.05, 4.69) is 0 Å². The third kappa shape index (κ3) is 3.89. The highest BCUT2D eigenvalue weighted by molar-refractivity contribution is 6.46. The summed E-state index contributed by atoms with van der Waals surface area (Å²) in [5, 5.41) is 20.9. The van der Waals surface area contributed by atoms with Gasteiger partial charge in [-0.05, 0) is 31.5 Å². The van der Waals surface area contributed by atoms with Crippen molar-refractivity contribution in [3.63, 3.8) is 0 Å². The van der Waals surface area contributed by atoms with E-state index in [9.17, 15) is 19.8 Å². The Bertz CT molecular complexity index is 993. The summed E-state index contributed by atoms with van der Waals surface area (Å²) in [5.74, 6) is -0.917. The summed E-state index contributed by atoms with van der Waals surface area (Å²) < 4.78 is 10.6. The highest BCUT2D eigenvalue weighted by Crippen LogP contribution is 2.42. The number of methoxy groups -OCH3 is 2. The summed E-state index contributed by atoms with van der Waals surface area (Å²) >= 11 is 0. The minimum atomic E-state index is -0.874. The third-order valence-corrected chi connectivity index (χ3v) is 5.05. The molecule has 7 heteroatoms. The van der Waals surface area contributed by atoms with Crippen LogP contribution in [0.1, 0.15) is 29.7 Å². The number of hydrogen-bond acceptors (Lipinski definition) is 6. The van der Waals surface area contributed by atoms with Crippen molar-refractivity contribution in [2.75, 3.05) is 20.8 Å². The Kier molecular flexibility index (Phi) is 6.12. The second-order valence-electron chi connectivity index (χ2n) is 7.28. The number of aliphatic hydroxyl groups is 2. The molecule has 0 radical (unpaired) electrons. The van der Waals surface area contributed by atoms with Crippen molar-refractivity contribution in [2.45, 2.75) is 26.0 Å². The molecule has 2 aromatic rings.